The van der Waals surface area contributed by atoms with Gasteiger partial charge in [-0.25, -0.2) is 8.78 Å². The molecule has 31 heavy (non-hydrogen) atoms. The van der Waals surface area contributed by atoms with Crippen LogP contribution < -0.4 is 0 Å². The van der Waals surface area contributed by atoms with E-state index >= 15 is 0 Å². The maximum Gasteiger partial charge on any atom is 0.307 e. The summed E-state index contributed by atoms with van der Waals surface area (Å²) in [7, 11) is 1.55. The number of halogens is 2. The van der Waals surface area contributed by atoms with Crippen molar-refractivity contribution in [1.82, 2.24) is 15.0 Å². The molecule has 0 N–H and O–H groups in total. The molecule has 2 aromatic carbocycles. The Hall–Kier alpha value is -3.62. The van der Waals surface area contributed by atoms with Crippen LogP contribution in [0, 0.1) is 11.6 Å². The zero-order chi connectivity index (χ0) is 22.4. The number of amides is 1. The number of hydrogen-bond acceptors (Lipinski definition) is 6. The third kappa shape index (κ3) is 6.18. The highest BCUT2D eigenvalue weighted by Gasteiger charge is 2.22. The van der Waals surface area contributed by atoms with Crippen LogP contribution in [0.2, 0.25) is 0 Å². The molecule has 0 saturated carbocycles. The van der Waals surface area contributed by atoms with Crippen LogP contribution >= 0.6 is 0 Å². The van der Waals surface area contributed by atoms with Crippen LogP contribution in [0.3, 0.4) is 0 Å². The maximum atomic E-state index is 13.3. The third-order valence-electron chi connectivity index (χ3n) is 4.45. The molecule has 7 nitrogen and oxygen atoms in total. The standard InChI is InChI=1S/C22H21F2N3O4/c1-14(22(29)27(2)13-15-4-3-5-18(24)12-15)30-20(28)11-10-19-25-21(26-31-19)16-6-8-17(23)9-7-16/h3-9,12,14H,10-11,13H2,1-2H3. The zero-order valence-corrected chi connectivity index (χ0v) is 17.0. The second-order valence-electron chi connectivity index (χ2n) is 6.97. The maximum absolute atomic E-state index is 13.3. The molecule has 0 spiro atoms. The van der Waals surface area contributed by atoms with Crippen LogP contribution in [0.1, 0.15) is 24.8 Å². The summed E-state index contributed by atoms with van der Waals surface area (Å²) < 4.78 is 36.6. The van der Waals surface area contributed by atoms with Crippen LogP contribution in [-0.4, -0.2) is 40.1 Å². The molecular formula is C22H21F2N3O4. The highest BCUT2D eigenvalue weighted by Crippen LogP contribution is 2.17. The van der Waals surface area contributed by atoms with Crippen molar-refractivity contribution >= 4 is 11.9 Å². The van der Waals surface area contributed by atoms with Crippen molar-refractivity contribution in [3.63, 3.8) is 0 Å². The normalized spacial score (nSPS) is 11.7. The fourth-order valence-corrected chi connectivity index (χ4v) is 2.89. The molecule has 162 valence electrons. The number of aromatic nitrogens is 2. The summed E-state index contributed by atoms with van der Waals surface area (Å²) in [6.07, 6.45) is -0.924. The molecule has 0 aliphatic rings. The van der Waals surface area contributed by atoms with E-state index < -0.39 is 18.0 Å². The fourth-order valence-electron chi connectivity index (χ4n) is 2.89. The molecule has 1 atom stereocenters. The summed E-state index contributed by atoms with van der Waals surface area (Å²) in [6.45, 7) is 1.66. The average Bonchev–Trinajstić information content (AvgIpc) is 3.21. The summed E-state index contributed by atoms with van der Waals surface area (Å²) >= 11 is 0. The lowest BCUT2D eigenvalue weighted by atomic mass is 10.2. The minimum absolute atomic E-state index is 0.0592. The third-order valence-corrected chi connectivity index (χ3v) is 4.45. The van der Waals surface area contributed by atoms with Gasteiger partial charge in [0.1, 0.15) is 11.6 Å². The molecular weight excluding hydrogens is 408 g/mol. The summed E-state index contributed by atoms with van der Waals surface area (Å²) in [6, 6.07) is 11.5. The number of ether oxygens (including phenoxy) is 1. The number of benzene rings is 2. The number of hydrogen-bond donors (Lipinski definition) is 0. The SMILES string of the molecule is CC(OC(=O)CCc1nc(-c2ccc(F)cc2)no1)C(=O)N(C)Cc1cccc(F)c1. The number of carbonyl (C=O) groups excluding carboxylic acids is 2. The van der Waals surface area contributed by atoms with E-state index in [-0.39, 0.29) is 42.7 Å². The van der Waals surface area contributed by atoms with Crippen LogP contribution in [-0.2, 0) is 27.3 Å². The molecule has 0 aliphatic heterocycles. The molecule has 0 radical (unpaired) electrons. The van der Waals surface area contributed by atoms with Gasteiger partial charge >= 0.3 is 5.97 Å². The highest BCUT2D eigenvalue weighted by atomic mass is 19.1. The monoisotopic (exact) mass is 429 g/mol. The number of nitrogens with zero attached hydrogens (tertiary/aromatic N) is 3. The summed E-state index contributed by atoms with van der Waals surface area (Å²) in [4.78, 5) is 30.0. The lowest BCUT2D eigenvalue weighted by Crippen LogP contribution is -2.37. The molecule has 1 heterocycles. The predicted molar refractivity (Wildman–Crippen MR) is 106 cm³/mol. The minimum Gasteiger partial charge on any atom is -0.453 e. The Morgan fingerprint density at radius 1 is 1.13 bits per heavy atom. The van der Waals surface area contributed by atoms with Crippen LogP contribution in [0.25, 0.3) is 11.4 Å². The Morgan fingerprint density at radius 2 is 1.87 bits per heavy atom. The van der Waals surface area contributed by atoms with E-state index in [1.165, 1.54) is 48.2 Å². The van der Waals surface area contributed by atoms with Crippen molar-refractivity contribution in [1.29, 1.82) is 0 Å². The highest BCUT2D eigenvalue weighted by molar-refractivity contribution is 5.83. The van der Waals surface area contributed by atoms with Crippen LogP contribution in [0.4, 0.5) is 8.78 Å². The largest absolute Gasteiger partial charge is 0.453 e. The van der Waals surface area contributed by atoms with Gasteiger partial charge < -0.3 is 14.2 Å². The van der Waals surface area contributed by atoms with Crippen LogP contribution in [0.15, 0.2) is 53.1 Å². The molecule has 0 bridgehead atoms. The molecule has 1 amide bonds. The van der Waals surface area contributed by atoms with Gasteiger partial charge in [0.05, 0.1) is 6.42 Å². The van der Waals surface area contributed by atoms with Gasteiger partial charge in [0.15, 0.2) is 6.10 Å². The number of likely N-dealkylation sites (N-methyl/N-ethyl adjacent to an activating group) is 1. The molecule has 0 saturated heterocycles. The van der Waals surface area contributed by atoms with Crippen molar-refractivity contribution < 1.29 is 27.6 Å². The first-order valence-corrected chi connectivity index (χ1v) is 9.59. The van der Waals surface area contributed by atoms with E-state index in [9.17, 15) is 18.4 Å². The lowest BCUT2D eigenvalue weighted by molar-refractivity contribution is -0.158. The molecule has 9 heteroatoms. The lowest BCUT2D eigenvalue weighted by Gasteiger charge is -2.21. The summed E-state index contributed by atoms with van der Waals surface area (Å²) in [5.74, 6) is -1.26. The number of esters is 1. The van der Waals surface area contributed by atoms with Gasteiger partial charge in [0, 0.05) is 25.6 Å². The van der Waals surface area contributed by atoms with Gasteiger partial charge in [-0.2, -0.15) is 4.98 Å². The Labute approximate surface area is 177 Å². The van der Waals surface area contributed by atoms with Crippen LogP contribution in [0.5, 0.6) is 0 Å². The van der Waals surface area contributed by atoms with Gasteiger partial charge in [0.25, 0.3) is 5.91 Å². The number of rotatable bonds is 8. The molecule has 3 rings (SSSR count). The zero-order valence-electron chi connectivity index (χ0n) is 17.0. The van der Waals surface area contributed by atoms with Gasteiger partial charge in [-0.1, -0.05) is 17.3 Å². The van der Waals surface area contributed by atoms with E-state index in [2.05, 4.69) is 10.1 Å². The van der Waals surface area contributed by atoms with Gasteiger partial charge in [0.2, 0.25) is 11.7 Å². The smallest absolute Gasteiger partial charge is 0.307 e. The Bertz CT molecular complexity index is 1050. The van der Waals surface area contributed by atoms with Crippen molar-refractivity contribution in [2.75, 3.05) is 7.05 Å². The Balaban J connectivity index is 1.47. The van der Waals surface area contributed by atoms with E-state index in [1.54, 1.807) is 19.2 Å². The molecule has 0 aliphatic carbocycles. The van der Waals surface area contributed by atoms with Gasteiger partial charge in [-0.05, 0) is 48.9 Å². The van der Waals surface area contributed by atoms with Crippen molar-refractivity contribution in [2.24, 2.45) is 0 Å². The average molecular weight is 429 g/mol. The molecule has 1 unspecified atom stereocenters. The summed E-state index contributed by atoms with van der Waals surface area (Å²) in [5.41, 5.74) is 1.21. The molecule has 3 aromatic rings. The number of carbonyl (C=O) groups is 2. The Kier molecular flexibility index (Phi) is 7.07. The van der Waals surface area contributed by atoms with E-state index in [0.29, 0.717) is 11.1 Å². The quantitative estimate of drug-likeness (QED) is 0.509. The van der Waals surface area contributed by atoms with E-state index in [0.717, 1.165) is 0 Å². The molecule has 1 aromatic heterocycles. The van der Waals surface area contributed by atoms with Gasteiger partial charge in [-0.15, -0.1) is 0 Å². The second-order valence-corrected chi connectivity index (χ2v) is 6.97. The fraction of sp³-hybridized carbons (Fsp3) is 0.273. The summed E-state index contributed by atoms with van der Waals surface area (Å²) in [5, 5.41) is 3.80. The molecule has 0 fully saturated rings. The predicted octanol–water partition coefficient (Wildman–Crippen LogP) is 3.54. The Morgan fingerprint density at radius 3 is 2.58 bits per heavy atom. The first-order chi connectivity index (χ1) is 14.8. The van der Waals surface area contributed by atoms with Gasteiger partial charge in [-0.3, -0.25) is 9.59 Å². The topological polar surface area (TPSA) is 85.5 Å². The van der Waals surface area contributed by atoms with E-state index in [4.69, 9.17) is 9.26 Å². The van der Waals surface area contributed by atoms with Crippen molar-refractivity contribution in [2.45, 2.75) is 32.4 Å². The second kappa shape index (κ2) is 9.92. The van der Waals surface area contributed by atoms with E-state index in [1.807, 2.05) is 0 Å². The first kappa shape index (κ1) is 22.1. The van der Waals surface area contributed by atoms with Crippen molar-refractivity contribution in [3.05, 3.63) is 71.6 Å². The van der Waals surface area contributed by atoms with Crippen molar-refractivity contribution in [3.8, 4) is 11.4 Å². The number of aryl methyl sites for hydroxylation is 1. The first-order valence-electron chi connectivity index (χ1n) is 9.59. The minimum atomic E-state index is -0.997.